The van der Waals surface area contributed by atoms with Gasteiger partial charge in [0.05, 0.1) is 10.6 Å². The van der Waals surface area contributed by atoms with Gasteiger partial charge in [-0.25, -0.2) is 4.68 Å². The second kappa shape index (κ2) is 6.22. The average molecular weight is 311 g/mol. The van der Waals surface area contributed by atoms with Crippen molar-refractivity contribution < 1.29 is 9.66 Å². The van der Waals surface area contributed by atoms with E-state index in [9.17, 15) is 10.1 Å². The van der Waals surface area contributed by atoms with Gasteiger partial charge >= 0.3 is 0 Å². The molecule has 0 spiro atoms. The van der Waals surface area contributed by atoms with E-state index in [2.05, 4.69) is 15.5 Å². The number of nitro benzene ring substituents is 1. The molecule has 1 heterocycles. The van der Waals surface area contributed by atoms with Gasteiger partial charge in [-0.2, -0.15) is 0 Å². The Kier molecular flexibility index (Phi) is 3.96. The van der Waals surface area contributed by atoms with E-state index in [1.165, 1.54) is 23.1 Å². The van der Waals surface area contributed by atoms with Crippen LogP contribution in [-0.4, -0.2) is 25.1 Å². The van der Waals surface area contributed by atoms with Crippen LogP contribution in [0.5, 0.6) is 5.75 Å². The summed E-state index contributed by atoms with van der Waals surface area (Å²) in [7, 11) is 0. The first kappa shape index (κ1) is 14.6. The minimum atomic E-state index is -0.419. The van der Waals surface area contributed by atoms with Crippen LogP contribution in [-0.2, 0) is 0 Å². The summed E-state index contributed by atoms with van der Waals surface area (Å²) in [5, 5.41) is 21.8. The Labute approximate surface area is 131 Å². The molecule has 0 saturated carbocycles. The highest BCUT2D eigenvalue weighted by Gasteiger charge is 2.12. The quantitative estimate of drug-likeness (QED) is 0.531. The molecule has 23 heavy (non-hydrogen) atoms. The molecule has 1 aromatic heterocycles. The molecule has 0 N–H and O–H groups in total. The molecule has 3 aromatic rings. The molecular formula is C15H13N5O3. The summed E-state index contributed by atoms with van der Waals surface area (Å²) in [5.41, 5.74) is 1.60. The molecule has 0 aliphatic carbocycles. The molecule has 0 aliphatic heterocycles. The number of rotatable bonds is 5. The third-order valence-corrected chi connectivity index (χ3v) is 3.31. The van der Waals surface area contributed by atoms with Gasteiger partial charge in [-0.1, -0.05) is 12.1 Å². The third kappa shape index (κ3) is 3.31. The molecule has 8 nitrogen and oxygen atoms in total. The van der Waals surface area contributed by atoms with Crippen molar-refractivity contribution in [1.82, 2.24) is 20.2 Å². The fourth-order valence-electron chi connectivity index (χ4n) is 2.12. The van der Waals surface area contributed by atoms with Gasteiger partial charge in [0.25, 0.3) is 5.69 Å². The molecule has 0 aliphatic rings. The number of hydrogen-bond acceptors (Lipinski definition) is 6. The van der Waals surface area contributed by atoms with E-state index < -0.39 is 4.92 Å². The summed E-state index contributed by atoms with van der Waals surface area (Å²) < 4.78 is 7.36. The summed E-state index contributed by atoms with van der Waals surface area (Å²) in [4.78, 5) is 10.4. The third-order valence-electron chi connectivity index (χ3n) is 3.31. The Morgan fingerprint density at radius 3 is 2.65 bits per heavy atom. The normalized spacial score (nSPS) is 11.9. The molecule has 116 valence electrons. The van der Waals surface area contributed by atoms with Gasteiger partial charge in [-0.05, 0) is 47.2 Å². The maximum Gasteiger partial charge on any atom is 0.269 e. The zero-order valence-corrected chi connectivity index (χ0v) is 12.2. The zero-order chi connectivity index (χ0) is 16.2. The number of nitrogens with zero attached hydrogens (tertiary/aromatic N) is 5. The standard InChI is InChI=1S/C15H13N5O3/c1-11(12-3-2-4-14(9-12)20(21)22)23-15-7-5-13(6-8-15)19-10-16-17-18-19/h2-11H,1H3/t11-/m1/s1. The van der Waals surface area contributed by atoms with Crippen molar-refractivity contribution in [1.29, 1.82) is 0 Å². The molecule has 0 bridgehead atoms. The summed E-state index contributed by atoms with van der Waals surface area (Å²) in [6.45, 7) is 1.84. The number of tetrazole rings is 1. The maximum atomic E-state index is 10.8. The van der Waals surface area contributed by atoms with Crippen LogP contribution in [0.4, 0.5) is 5.69 Å². The Bertz CT molecular complexity index is 802. The first-order valence-corrected chi connectivity index (χ1v) is 6.88. The van der Waals surface area contributed by atoms with Crippen molar-refractivity contribution in [3.8, 4) is 11.4 Å². The molecule has 3 rings (SSSR count). The number of hydrogen-bond donors (Lipinski definition) is 0. The van der Waals surface area contributed by atoms with E-state index >= 15 is 0 Å². The van der Waals surface area contributed by atoms with Crippen molar-refractivity contribution in [3.63, 3.8) is 0 Å². The molecule has 0 fully saturated rings. The van der Waals surface area contributed by atoms with Gasteiger partial charge in [0.1, 0.15) is 18.2 Å². The van der Waals surface area contributed by atoms with Gasteiger partial charge in [0, 0.05) is 12.1 Å². The van der Waals surface area contributed by atoms with Crippen molar-refractivity contribution in [2.45, 2.75) is 13.0 Å². The van der Waals surface area contributed by atoms with Crippen LogP contribution < -0.4 is 4.74 Å². The number of nitro groups is 1. The first-order valence-electron chi connectivity index (χ1n) is 6.88. The highest BCUT2D eigenvalue weighted by Crippen LogP contribution is 2.25. The van der Waals surface area contributed by atoms with E-state index in [1.807, 2.05) is 19.1 Å². The van der Waals surface area contributed by atoms with E-state index in [4.69, 9.17) is 4.74 Å². The molecule has 0 saturated heterocycles. The Balaban J connectivity index is 1.74. The van der Waals surface area contributed by atoms with E-state index in [0.29, 0.717) is 5.75 Å². The van der Waals surface area contributed by atoms with Crippen LogP contribution in [0.2, 0.25) is 0 Å². The fraction of sp³-hybridized carbons (Fsp3) is 0.133. The van der Waals surface area contributed by atoms with Crippen LogP contribution in [0, 0.1) is 10.1 Å². The molecule has 8 heteroatoms. The number of non-ortho nitro benzene ring substituents is 1. The van der Waals surface area contributed by atoms with Crippen molar-refractivity contribution in [2.75, 3.05) is 0 Å². The second-order valence-corrected chi connectivity index (χ2v) is 4.86. The summed E-state index contributed by atoms with van der Waals surface area (Å²) in [6, 6.07) is 13.7. The van der Waals surface area contributed by atoms with Gasteiger partial charge in [-0.15, -0.1) is 5.10 Å². The number of benzene rings is 2. The Hall–Kier alpha value is -3.29. The van der Waals surface area contributed by atoms with Crippen LogP contribution in [0.15, 0.2) is 54.9 Å². The van der Waals surface area contributed by atoms with Crippen LogP contribution in [0.3, 0.4) is 0 Å². The number of aromatic nitrogens is 4. The maximum absolute atomic E-state index is 10.8. The highest BCUT2D eigenvalue weighted by atomic mass is 16.6. The Morgan fingerprint density at radius 2 is 2.00 bits per heavy atom. The zero-order valence-electron chi connectivity index (χ0n) is 12.2. The molecular weight excluding hydrogens is 298 g/mol. The second-order valence-electron chi connectivity index (χ2n) is 4.86. The summed E-state index contributed by atoms with van der Waals surface area (Å²) in [5.74, 6) is 0.654. The molecule has 1 atom stereocenters. The Morgan fingerprint density at radius 1 is 1.22 bits per heavy atom. The largest absolute Gasteiger partial charge is 0.486 e. The molecule has 0 unspecified atom stereocenters. The van der Waals surface area contributed by atoms with E-state index in [-0.39, 0.29) is 11.8 Å². The monoisotopic (exact) mass is 311 g/mol. The van der Waals surface area contributed by atoms with Crippen LogP contribution >= 0.6 is 0 Å². The topological polar surface area (TPSA) is 96.0 Å². The van der Waals surface area contributed by atoms with E-state index in [1.54, 1.807) is 24.3 Å². The van der Waals surface area contributed by atoms with Gasteiger partial charge in [-0.3, -0.25) is 10.1 Å². The van der Waals surface area contributed by atoms with Crippen LogP contribution in [0.25, 0.3) is 5.69 Å². The van der Waals surface area contributed by atoms with Crippen molar-refractivity contribution in [3.05, 3.63) is 70.5 Å². The SMILES string of the molecule is C[C@@H](Oc1ccc(-n2cnnn2)cc1)c1cccc([N+](=O)[O-])c1. The smallest absolute Gasteiger partial charge is 0.269 e. The fourth-order valence-corrected chi connectivity index (χ4v) is 2.12. The molecule has 0 radical (unpaired) electrons. The minimum Gasteiger partial charge on any atom is -0.486 e. The van der Waals surface area contributed by atoms with Crippen molar-refractivity contribution >= 4 is 5.69 Å². The summed E-state index contributed by atoms with van der Waals surface area (Å²) >= 11 is 0. The lowest BCUT2D eigenvalue weighted by atomic mass is 10.1. The lowest BCUT2D eigenvalue weighted by Gasteiger charge is -2.15. The average Bonchev–Trinajstić information content (AvgIpc) is 3.10. The molecule has 2 aromatic carbocycles. The lowest BCUT2D eigenvalue weighted by molar-refractivity contribution is -0.385. The van der Waals surface area contributed by atoms with E-state index in [0.717, 1.165) is 11.3 Å². The first-order chi connectivity index (χ1) is 11.1. The highest BCUT2D eigenvalue weighted by molar-refractivity contribution is 5.38. The van der Waals surface area contributed by atoms with Gasteiger partial charge < -0.3 is 4.74 Å². The summed E-state index contributed by atoms with van der Waals surface area (Å²) in [6.07, 6.45) is 1.19. The van der Waals surface area contributed by atoms with Crippen molar-refractivity contribution in [2.24, 2.45) is 0 Å². The lowest BCUT2D eigenvalue weighted by Crippen LogP contribution is -2.04. The number of ether oxygens (including phenoxy) is 1. The minimum absolute atomic E-state index is 0.0481. The molecule has 0 amide bonds. The van der Waals surface area contributed by atoms with Crippen LogP contribution in [0.1, 0.15) is 18.6 Å². The predicted molar refractivity (Wildman–Crippen MR) is 81.3 cm³/mol. The van der Waals surface area contributed by atoms with Gasteiger partial charge in [0.2, 0.25) is 0 Å². The predicted octanol–water partition coefficient (Wildman–Crippen LogP) is 2.71. The van der Waals surface area contributed by atoms with Gasteiger partial charge in [0.15, 0.2) is 0 Å².